The van der Waals surface area contributed by atoms with Crippen LogP contribution >= 0.6 is 0 Å². The van der Waals surface area contributed by atoms with Gasteiger partial charge in [0.1, 0.15) is 11.9 Å². The van der Waals surface area contributed by atoms with Gasteiger partial charge in [0.15, 0.2) is 5.69 Å². The predicted molar refractivity (Wildman–Crippen MR) is 108 cm³/mol. The molecule has 8 heteroatoms. The topological polar surface area (TPSA) is 90.9 Å². The number of benzene rings is 1. The van der Waals surface area contributed by atoms with Crippen molar-refractivity contribution in [2.45, 2.75) is 13.3 Å². The van der Waals surface area contributed by atoms with Crippen molar-refractivity contribution in [3.05, 3.63) is 65.6 Å². The number of hydrogen-bond acceptors (Lipinski definition) is 6. The summed E-state index contributed by atoms with van der Waals surface area (Å²) >= 11 is 0. The molecule has 1 aliphatic rings. The van der Waals surface area contributed by atoms with Crippen LogP contribution in [-0.2, 0) is 0 Å². The zero-order chi connectivity index (χ0) is 20.2. The highest BCUT2D eigenvalue weighted by Gasteiger charge is 2.24. The van der Waals surface area contributed by atoms with Gasteiger partial charge in [-0.15, -0.1) is 5.10 Å². The molecule has 29 heavy (non-hydrogen) atoms. The summed E-state index contributed by atoms with van der Waals surface area (Å²) < 4.78 is 1.61. The fourth-order valence-corrected chi connectivity index (χ4v) is 3.42. The number of nitriles is 1. The van der Waals surface area contributed by atoms with E-state index in [1.807, 2.05) is 31.2 Å². The average molecular weight is 387 g/mol. The molecule has 0 atom stereocenters. The fraction of sp³-hybridized carbons (Fsp3) is 0.286. The van der Waals surface area contributed by atoms with Crippen molar-refractivity contribution in [2.75, 3.05) is 31.1 Å². The van der Waals surface area contributed by atoms with Crippen LogP contribution in [0.25, 0.3) is 5.69 Å². The number of hydrogen-bond donors (Lipinski definition) is 0. The SMILES string of the molecule is Cc1ccc(-n2cc(C(=O)N3CCCN(c4ncccc4C#N)CC3)nn2)cc1. The van der Waals surface area contributed by atoms with E-state index in [-0.39, 0.29) is 5.91 Å². The lowest BCUT2D eigenvalue weighted by Gasteiger charge is -2.23. The Bertz CT molecular complexity index is 1050. The standard InChI is InChI=1S/C21H21N7O/c1-16-5-7-18(8-6-16)28-15-19(24-25-28)21(29)27-11-3-10-26(12-13-27)20-17(14-22)4-2-9-23-20/h2,4-9,15H,3,10-13H2,1H3. The average Bonchev–Trinajstić information content (AvgIpc) is 3.12. The van der Waals surface area contributed by atoms with Crippen molar-refractivity contribution in [1.82, 2.24) is 24.9 Å². The van der Waals surface area contributed by atoms with Crippen LogP contribution in [0.2, 0.25) is 0 Å². The fourth-order valence-electron chi connectivity index (χ4n) is 3.42. The smallest absolute Gasteiger partial charge is 0.276 e. The number of nitrogens with zero attached hydrogens (tertiary/aromatic N) is 7. The van der Waals surface area contributed by atoms with Crippen LogP contribution in [-0.4, -0.2) is 57.0 Å². The zero-order valence-electron chi connectivity index (χ0n) is 16.2. The first kappa shape index (κ1) is 18.6. The normalized spacial score (nSPS) is 14.3. The lowest BCUT2D eigenvalue weighted by atomic mass is 10.2. The molecular formula is C21H21N7O. The summed E-state index contributed by atoms with van der Waals surface area (Å²) in [6.45, 7) is 4.54. The molecule has 0 radical (unpaired) electrons. The lowest BCUT2D eigenvalue weighted by Crippen LogP contribution is -2.35. The van der Waals surface area contributed by atoms with E-state index < -0.39 is 0 Å². The molecule has 0 spiro atoms. The molecule has 0 bridgehead atoms. The largest absolute Gasteiger partial charge is 0.354 e. The zero-order valence-corrected chi connectivity index (χ0v) is 16.2. The van der Waals surface area contributed by atoms with Crippen molar-refractivity contribution in [3.8, 4) is 11.8 Å². The highest BCUT2D eigenvalue weighted by Crippen LogP contribution is 2.19. The van der Waals surface area contributed by atoms with Crippen molar-refractivity contribution in [3.63, 3.8) is 0 Å². The van der Waals surface area contributed by atoms with Crippen LogP contribution in [0.4, 0.5) is 5.82 Å². The summed E-state index contributed by atoms with van der Waals surface area (Å²) in [5, 5.41) is 17.5. The van der Waals surface area contributed by atoms with Gasteiger partial charge in [0.05, 0.1) is 17.4 Å². The van der Waals surface area contributed by atoms with Gasteiger partial charge in [0, 0.05) is 32.4 Å². The number of carbonyl (C=O) groups excluding carboxylic acids is 1. The third kappa shape index (κ3) is 3.94. The van der Waals surface area contributed by atoms with E-state index in [1.165, 1.54) is 0 Å². The van der Waals surface area contributed by atoms with Gasteiger partial charge in [0.25, 0.3) is 5.91 Å². The van der Waals surface area contributed by atoms with Crippen LogP contribution in [0, 0.1) is 18.3 Å². The predicted octanol–water partition coefficient (Wildman–Crippen LogP) is 2.19. The van der Waals surface area contributed by atoms with Gasteiger partial charge in [-0.2, -0.15) is 5.26 Å². The van der Waals surface area contributed by atoms with Crippen LogP contribution in [0.5, 0.6) is 0 Å². The molecule has 0 unspecified atom stereocenters. The molecule has 4 rings (SSSR count). The van der Waals surface area contributed by atoms with Crippen LogP contribution in [0.3, 0.4) is 0 Å². The van der Waals surface area contributed by atoms with E-state index in [1.54, 1.807) is 34.1 Å². The molecule has 3 heterocycles. The summed E-state index contributed by atoms with van der Waals surface area (Å²) in [6, 6.07) is 13.6. The third-order valence-electron chi connectivity index (χ3n) is 5.00. The molecule has 0 N–H and O–H groups in total. The first-order valence-corrected chi connectivity index (χ1v) is 9.54. The van der Waals surface area contributed by atoms with Gasteiger partial charge in [0.2, 0.25) is 0 Å². The molecule has 1 fully saturated rings. The third-order valence-corrected chi connectivity index (χ3v) is 5.00. The van der Waals surface area contributed by atoms with Crippen LogP contribution < -0.4 is 4.90 Å². The Morgan fingerprint density at radius 2 is 1.93 bits per heavy atom. The quantitative estimate of drug-likeness (QED) is 0.684. The second-order valence-corrected chi connectivity index (χ2v) is 7.00. The Kier molecular flexibility index (Phi) is 5.20. The molecule has 1 aromatic carbocycles. The molecule has 8 nitrogen and oxygen atoms in total. The highest BCUT2D eigenvalue weighted by molar-refractivity contribution is 5.92. The van der Waals surface area contributed by atoms with Crippen molar-refractivity contribution >= 4 is 11.7 Å². The van der Waals surface area contributed by atoms with Gasteiger partial charge in [-0.05, 0) is 37.6 Å². The highest BCUT2D eigenvalue weighted by atomic mass is 16.2. The van der Waals surface area contributed by atoms with Crippen LogP contribution in [0.1, 0.15) is 28.0 Å². The van der Waals surface area contributed by atoms with Crippen molar-refractivity contribution < 1.29 is 4.79 Å². The minimum atomic E-state index is -0.133. The number of amides is 1. The van der Waals surface area contributed by atoms with E-state index in [4.69, 9.17) is 0 Å². The van der Waals surface area contributed by atoms with Gasteiger partial charge in [-0.3, -0.25) is 4.79 Å². The molecule has 0 aliphatic carbocycles. The molecule has 1 amide bonds. The van der Waals surface area contributed by atoms with Crippen LogP contribution in [0.15, 0.2) is 48.8 Å². The monoisotopic (exact) mass is 387 g/mol. The number of pyridine rings is 1. The summed E-state index contributed by atoms with van der Waals surface area (Å²) in [5.74, 6) is 0.543. The second kappa shape index (κ2) is 8.10. The number of aromatic nitrogens is 4. The maximum Gasteiger partial charge on any atom is 0.276 e. The first-order chi connectivity index (χ1) is 14.2. The van der Waals surface area contributed by atoms with E-state index in [0.717, 1.165) is 24.2 Å². The molecule has 2 aromatic heterocycles. The molecule has 0 saturated carbocycles. The van der Waals surface area contributed by atoms with Gasteiger partial charge < -0.3 is 9.80 Å². The van der Waals surface area contributed by atoms with E-state index in [0.29, 0.717) is 36.7 Å². The van der Waals surface area contributed by atoms with Crippen molar-refractivity contribution in [1.29, 1.82) is 5.26 Å². The Hall–Kier alpha value is -3.73. The molecule has 1 aliphatic heterocycles. The van der Waals surface area contributed by atoms with E-state index >= 15 is 0 Å². The summed E-state index contributed by atoms with van der Waals surface area (Å²) in [6.07, 6.45) is 4.15. The number of anilines is 1. The van der Waals surface area contributed by atoms with Gasteiger partial charge in [-0.1, -0.05) is 22.9 Å². The minimum absolute atomic E-state index is 0.133. The molecular weight excluding hydrogens is 366 g/mol. The molecule has 1 saturated heterocycles. The van der Waals surface area contributed by atoms with E-state index in [9.17, 15) is 10.1 Å². The molecule has 3 aromatic rings. The number of carbonyl (C=O) groups is 1. The van der Waals surface area contributed by atoms with E-state index in [2.05, 4.69) is 26.3 Å². The Balaban J connectivity index is 1.46. The Morgan fingerprint density at radius 3 is 2.72 bits per heavy atom. The Labute approximate surface area is 169 Å². The summed E-state index contributed by atoms with van der Waals surface area (Å²) in [5.41, 5.74) is 2.90. The maximum absolute atomic E-state index is 12.9. The summed E-state index contributed by atoms with van der Waals surface area (Å²) in [4.78, 5) is 21.2. The second-order valence-electron chi connectivity index (χ2n) is 7.00. The van der Waals surface area contributed by atoms with Gasteiger partial charge >= 0.3 is 0 Å². The molecule has 146 valence electrons. The van der Waals surface area contributed by atoms with Gasteiger partial charge in [-0.25, -0.2) is 9.67 Å². The minimum Gasteiger partial charge on any atom is -0.354 e. The number of rotatable bonds is 3. The lowest BCUT2D eigenvalue weighted by molar-refractivity contribution is 0.0761. The first-order valence-electron chi connectivity index (χ1n) is 9.54. The number of aryl methyl sites for hydroxylation is 1. The van der Waals surface area contributed by atoms with Crippen molar-refractivity contribution in [2.24, 2.45) is 0 Å². The maximum atomic E-state index is 12.9. The Morgan fingerprint density at radius 1 is 1.10 bits per heavy atom. The summed E-state index contributed by atoms with van der Waals surface area (Å²) in [7, 11) is 0.